The monoisotopic (exact) mass is 455 g/mol. The van der Waals surface area contributed by atoms with Gasteiger partial charge in [-0.3, -0.25) is 14.6 Å². The Morgan fingerprint density at radius 3 is 2.77 bits per heavy atom. The summed E-state index contributed by atoms with van der Waals surface area (Å²) in [6.07, 6.45) is 1.89. The normalized spacial score (nSPS) is 11.0. The van der Waals surface area contributed by atoms with Crippen molar-refractivity contribution in [2.75, 3.05) is 7.05 Å². The van der Waals surface area contributed by atoms with Crippen LogP contribution in [-0.4, -0.2) is 37.8 Å². The van der Waals surface area contributed by atoms with Gasteiger partial charge in [0.1, 0.15) is 5.69 Å². The molecule has 2 aromatic heterocycles. The molecule has 0 atom stereocenters. The second-order valence-corrected chi connectivity index (χ2v) is 7.43. The summed E-state index contributed by atoms with van der Waals surface area (Å²) in [4.78, 5) is 14.2. The third-order valence-corrected chi connectivity index (χ3v) is 5.07. The molecule has 0 radical (unpaired) electrons. The topological polar surface area (TPSA) is 66.8 Å². The SMILES string of the molecule is CCn1cc(Br)c(CN(C)C(=O)c2cc(-c3ccc(Cl)cc3Cl)n[nH]2)n1. The van der Waals surface area contributed by atoms with Gasteiger partial charge in [-0.05, 0) is 47.1 Å². The van der Waals surface area contributed by atoms with Crippen molar-refractivity contribution in [3.8, 4) is 11.3 Å². The van der Waals surface area contributed by atoms with Gasteiger partial charge >= 0.3 is 0 Å². The summed E-state index contributed by atoms with van der Waals surface area (Å²) in [5.74, 6) is -0.188. The average Bonchev–Trinajstić information content (AvgIpc) is 3.21. The van der Waals surface area contributed by atoms with E-state index < -0.39 is 0 Å². The molecule has 0 aliphatic rings. The maximum Gasteiger partial charge on any atom is 0.271 e. The smallest absolute Gasteiger partial charge is 0.271 e. The number of rotatable bonds is 5. The highest BCUT2D eigenvalue weighted by Crippen LogP contribution is 2.29. The molecular formula is C17H16BrCl2N5O. The Bertz CT molecular complexity index is 953. The first kappa shape index (κ1) is 18.9. The van der Waals surface area contributed by atoms with Gasteiger partial charge in [0.25, 0.3) is 5.91 Å². The Morgan fingerprint density at radius 1 is 1.35 bits per heavy atom. The Morgan fingerprint density at radius 2 is 2.12 bits per heavy atom. The van der Waals surface area contributed by atoms with Gasteiger partial charge in [-0.1, -0.05) is 23.2 Å². The first-order chi connectivity index (χ1) is 12.4. The molecule has 1 amide bonds. The minimum absolute atomic E-state index is 0.188. The fourth-order valence-electron chi connectivity index (χ4n) is 2.47. The van der Waals surface area contributed by atoms with Crippen molar-refractivity contribution in [3.63, 3.8) is 0 Å². The molecule has 1 N–H and O–H groups in total. The molecule has 0 unspecified atom stereocenters. The summed E-state index contributed by atoms with van der Waals surface area (Å²) in [6.45, 7) is 3.15. The summed E-state index contributed by atoms with van der Waals surface area (Å²) in [6, 6.07) is 6.82. The summed E-state index contributed by atoms with van der Waals surface area (Å²) in [7, 11) is 1.72. The van der Waals surface area contributed by atoms with Crippen LogP contribution in [0, 0.1) is 0 Å². The molecule has 0 aliphatic carbocycles. The number of aromatic amines is 1. The lowest BCUT2D eigenvalue weighted by Crippen LogP contribution is -2.27. The lowest BCUT2D eigenvalue weighted by atomic mass is 10.1. The molecule has 26 heavy (non-hydrogen) atoms. The highest BCUT2D eigenvalue weighted by atomic mass is 79.9. The largest absolute Gasteiger partial charge is 0.334 e. The van der Waals surface area contributed by atoms with Crippen LogP contribution in [0.1, 0.15) is 23.1 Å². The Labute approximate surface area is 169 Å². The predicted octanol–water partition coefficient (Wildman–Crippen LogP) is 4.63. The predicted molar refractivity (Wildman–Crippen MR) is 105 cm³/mol. The number of aromatic nitrogens is 4. The van der Waals surface area contributed by atoms with Gasteiger partial charge in [-0.25, -0.2) is 0 Å². The molecule has 2 heterocycles. The van der Waals surface area contributed by atoms with Crippen molar-refractivity contribution in [1.29, 1.82) is 0 Å². The first-order valence-electron chi connectivity index (χ1n) is 7.87. The molecule has 0 spiro atoms. The number of aryl methyl sites for hydroxylation is 1. The maximum atomic E-state index is 12.7. The Balaban J connectivity index is 1.77. The molecule has 9 heteroatoms. The average molecular weight is 457 g/mol. The van der Waals surface area contributed by atoms with E-state index in [-0.39, 0.29) is 5.91 Å². The number of H-pyrrole nitrogens is 1. The zero-order chi connectivity index (χ0) is 18.8. The van der Waals surface area contributed by atoms with E-state index in [2.05, 4.69) is 31.2 Å². The zero-order valence-corrected chi connectivity index (χ0v) is 17.2. The van der Waals surface area contributed by atoms with E-state index in [1.54, 1.807) is 36.2 Å². The minimum Gasteiger partial charge on any atom is -0.334 e. The molecular weight excluding hydrogens is 441 g/mol. The first-order valence-corrected chi connectivity index (χ1v) is 9.42. The third-order valence-electron chi connectivity index (χ3n) is 3.86. The van der Waals surface area contributed by atoms with E-state index in [4.69, 9.17) is 23.2 Å². The highest BCUT2D eigenvalue weighted by Gasteiger charge is 2.19. The molecule has 3 rings (SSSR count). The number of carbonyl (C=O) groups is 1. The summed E-state index contributed by atoms with van der Waals surface area (Å²) in [5.41, 5.74) is 2.46. The van der Waals surface area contributed by atoms with Gasteiger partial charge in [0, 0.05) is 30.4 Å². The van der Waals surface area contributed by atoms with Crippen LogP contribution in [0.25, 0.3) is 11.3 Å². The second kappa shape index (κ2) is 7.82. The highest BCUT2D eigenvalue weighted by molar-refractivity contribution is 9.10. The number of benzene rings is 1. The van der Waals surface area contributed by atoms with Crippen molar-refractivity contribution in [2.45, 2.75) is 20.0 Å². The van der Waals surface area contributed by atoms with Crippen LogP contribution in [0.4, 0.5) is 0 Å². The second-order valence-electron chi connectivity index (χ2n) is 5.73. The van der Waals surface area contributed by atoms with E-state index in [0.29, 0.717) is 33.5 Å². The van der Waals surface area contributed by atoms with Crippen LogP contribution in [0.15, 0.2) is 34.9 Å². The van der Waals surface area contributed by atoms with Crippen LogP contribution in [-0.2, 0) is 13.1 Å². The minimum atomic E-state index is -0.188. The fourth-order valence-corrected chi connectivity index (χ4v) is 3.42. The fraction of sp³-hybridized carbons (Fsp3) is 0.235. The van der Waals surface area contributed by atoms with Crippen molar-refractivity contribution in [2.24, 2.45) is 0 Å². The molecule has 0 saturated carbocycles. The molecule has 6 nitrogen and oxygen atoms in total. The standard InChI is InChI=1S/C17H16BrCl2N5O/c1-3-25-8-12(18)16(23-25)9-24(2)17(26)15-7-14(21-22-15)11-5-4-10(19)6-13(11)20/h4-8H,3,9H2,1-2H3,(H,21,22). The van der Waals surface area contributed by atoms with Crippen LogP contribution >= 0.6 is 39.1 Å². The van der Waals surface area contributed by atoms with Crippen LogP contribution in [0.5, 0.6) is 0 Å². The number of amides is 1. The summed E-state index contributed by atoms with van der Waals surface area (Å²) in [5, 5.41) is 12.4. The van der Waals surface area contributed by atoms with E-state index in [1.807, 2.05) is 17.8 Å². The molecule has 0 bridgehead atoms. The third kappa shape index (κ3) is 3.95. The van der Waals surface area contributed by atoms with E-state index in [9.17, 15) is 4.79 Å². The van der Waals surface area contributed by atoms with Gasteiger partial charge in [0.2, 0.25) is 0 Å². The lowest BCUT2D eigenvalue weighted by molar-refractivity contribution is 0.0777. The van der Waals surface area contributed by atoms with E-state index >= 15 is 0 Å². The summed E-state index contributed by atoms with van der Waals surface area (Å²) >= 11 is 15.6. The number of hydrogen-bond donors (Lipinski definition) is 1. The molecule has 136 valence electrons. The maximum absolute atomic E-state index is 12.7. The van der Waals surface area contributed by atoms with Gasteiger partial charge < -0.3 is 4.90 Å². The van der Waals surface area contributed by atoms with E-state index in [0.717, 1.165) is 16.7 Å². The van der Waals surface area contributed by atoms with E-state index in [1.165, 1.54) is 0 Å². The number of carbonyl (C=O) groups excluding carboxylic acids is 1. The zero-order valence-electron chi connectivity index (χ0n) is 14.1. The molecule has 0 aliphatic heterocycles. The molecule has 3 aromatic rings. The quantitative estimate of drug-likeness (QED) is 0.608. The molecule has 0 saturated heterocycles. The number of nitrogens with zero attached hydrogens (tertiary/aromatic N) is 4. The van der Waals surface area contributed by atoms with Crippen LogP contribution in [0.2, 0.25) is 10.0 Å². The number of halogens is 3. The van der Waals surface area contributed by atoms with Crippen molar-refractivity contribution < 1.29 is 4.79 Å². The molecule has 1 aromatic carbocycles. The van der Waals surface area contributed by atoms with Crippen LogP contribution < -0.4 is 0 Å². The van der Waals surface area contributed by atoms with Gasteiger partial charge in [-0.2, -0.15) is 10.2 Å². The Kier molecular flexibility index (Phi) is 5.70. The Hall–Kier alpha value is -1.83. The van der Waals surface area contributed by atoms with Gasteiger partial charge in [-0.15, -0.1) is 0 Å². The van der Waals surface area contributed by atoms with Crippen molar-refractivity contribution >= 4 is 45.0 Å². The molecule has 0 fully saturated rings. The van der Waals surface area contributed by atoms with Crippen molar-refractivity contribution in [3.05, 3.63) is 56.4 Å². The van der Waals surface area contributed by atoms with Crippen molar-refractivity contribution in [1.82, 2.24) is 24.9 Å². The number of nitrogens with one attached hydrogen (secondary N) is 1. The van der Waals surface area contributed by atoms with Gasteiger partial charge in [0.05, 0.1) is 27.4 Å². The number of hydrogen-bond acceptors (Lipinski definition) is 3. The van der Waals surface area contributed by atoms with Crippen LogP contribution in [0.3, 0.4) is 0 Å². The van der Waals surface area contributed by atoms with Gasteiger partial charge in [0.15, 0.2) is 0 Å². The summed E-state index contributed by atoms with van der Waals surface area (Å²) < 4.78 is 2.69. The lowest BCUT2D eigenvalue weighted by Gasteiger charge is -2.14.